The molecule has 1 saturated heterocycles. The smallest absolute Gasteiger partial charge is 0.258 e. The molecular weight excluding hydrogens is 553 g/mol. The quantitative estimate of drug-likeness (QED) is 0.397. The zero-order valence-corrected chi connectivity index (χ0v) is 24.4. The van der Waals surface area contributed by atoms with Crippen LogP contribution in [0.4, 0.5) is 10.1 Å². The summed E-state index contributed by atoms with van der Waals surface area (Å²) >= 11 is 7.26. The highest BCUT2D eigenvalue weighted by molar-refractivity contribution is 7.97. The molecule has 0 aromatic heterocycles. The summed E-state index contributed by atoms with van der Waals surface area (Å²) in [6.45, 7) is 2.28. The van der Waals surface area contributed by atoms with E-state index in [4.69, 9.17) is 20.9 Å². The van der Waals surface area contributed by atoms with E-state index in [0.29, 0.717) is 24.6 Å². The Kier molecular flexibility index (Phi) is 9.96. The van der Waals surface area contributed by atoms with Gasteiger partial charge < -0.3 is 19.2 Å². The first kappa shape index (κ1) is 30.1. The number of nitrogens with zero attached hydrogens (tertiary/aromatic N) is 2. The molecule has 208 valence electrons. The van der Waals surface area contributed by atoms with E-state index in [-0.39, 0.29) is 12.8 Å². The van der Waals surface area contributed by atoms with Crippen LogP contribution in [0.15, 0.2) is 52.8 Å². The number of alkyl halides is 1. The molecule has 12 heteroatoms. The minimum absolute atomic E-state index is 0.00859. The number of hydrogen-bond donors (Lipinski definition) is 1. The number of amides is 1. The Bertz CT molecular complexity index is 1280. The van der Waals surface area contributed by atoms with E-state index in [9.17, 15) is 13.2 Å². The van der Waals surface area contributed by atoms with Crippen molar-refractivity contribution in [1.82, 2.24) is 9.62 Å². The standard InChI is InChI=1S/C26H33ClFN3O5S2/c1-18(10-15-38(5,33)34)29-25(32)26(28)11-13-31(14-12-26)37-24-9-6-19(30(2)3)16-22(24)21-17-20(35-4)7-8-23(21)36-27/h6-10,15-18H,11-14H2,1-5H3,(H,29,32)/b15-10-. The number of halogens is 2. The van der Waals surface area contributed by atoms with Crippen molar-refractivity contribution in [3.8, 4) is 22.6 Å². The second kappa shape index (κ2) is 12.6. The summed E-state index contributed by atoms with van der Waals surface area (Å²) in [5, 5.41) is 3.57. The van der Waals surface area contributed by atoms with Crippen molar-refractivity contribution in [3.63, 3.8) is 0 Å². The molecule has 0 spiro atoms. The summed E-state index contributed by atoms with van der Waals surface area (Å²) in [7, 11) is 2.15. The Morgan fingerprint density at radius 2 is 1.89 bits per heavy atom. The SMILES string of the molecule is COc1ccc(OCl)c(-c2cc(N(C)C)ccc2SN2CCC(F)(C(=O)NC(C)/C=C\S(C)(=O)=O)CC2)c1. The van der Waals surface area contributed by atoms with Crippen LogP contribution >= 0.6 is 23.8 Å². The molecular formula is C26H33ClFN3O5S2. The lowest BCUT2D eigenvalue weighted by Gasteiger charge is -2.35. The third-order valence-corrected chi connectivity index (χ3v) is 8.16. The van der Waals surface area contributed by atoms with Crippen molar-refractivity contribution < 1.29 is 26.6 Å². The fourth-order valence-corrected chi connectivity index (χ4v) is 5.64. The van der Waals surface area contributed by atoms with E-state index in [1.165, 1.54) is 18.0 Å². The van der Waals surface area contributed by atoms with Gasteiger partial charge in [-0.2, -0.15) is 0 Å². The molecule has 38 heavy (non-hydrogen) atoms. The van der Waals surface area contributed by atoms with Crippen molar-refractivity contribution in [2.45, 2.75) is 36.4 Å². The van der Waals surface area contributed by atoms with Crippen molar-refractivity contribution in [2.24, 2.45) is 0 Å². The molecule has 0 radical (unpaired) electrons. The molecule has 0 saturated carbocycles. The average Bonchev–Trinajstić information content (AvgIpc) is 2.88. The Balaban J connectivity index is 1.77. The zero-order chi connectivity index (χ0) is 28.1. The number of carbonyl (C=O) groups excluding carboxylic acids is 1. The highest BCUT2D eigenvalue weighted by atomic mass is 35.5. The van der Waals surface area contributed by atoms with Crippen LogP contribution in [0.3, 0.4) is 0 Å². The highest BCUT2D eigenvalue weighted by Gasteiger charge is 2.42. The third kappa shape index (κ3) is 7.78. The maximum absolute atomic E-state index is 15.5. The Morgan fingerprint density at radius 1 is 1.21 bits per heavy atom. The summed E-state index contributed by atoms with van der Waals surface area (Å²) < 4.78 is 50.7. The Hall–Kier alpha value is -2.47. The van der Waals surface area contributed by atoms with Crippen molar-refractivity contribution in [3.05, 3.63) is 47.9 Å². The molecule has 3 rings (SSSR count). The first-order valence-corrected chi connectivity index (χ1v) is 15.0. The summed E-state index contributed by atoms with van der Waals surface area (Å²) in [5.74, 6) is 0.391. The first-order chi connectivity index (χ1) is 17.8. The molecule has 0 aliphatic carbocycles. The first-order valence-electron chi connectivity index (χ1n) is 11.9. The van der Waals surface area contributed by atoms with Crippen molar-refractivity contribution >= 4 is 45.2 Å². The maximum atomic E-state index is 15.5. The lowest BCUT2D eigenvalue weighted by molar-refractivity contribution is -0.135. The number of carbonyl (C=O) groups is 1. The number of anilines is 1. The van der Waals surface area contributed by atoms with Crippen LogP contribution in [0.1, 0.15) is 19.8 Å². The van der Waals surface area contributed by atoms with Gasteiger partial charge in [-0.3, -0.25) is 4.79 Å². The van der Waals surface area contributed by atoms with Gasteiger partial charge in [0, 0.05) is 79.4 Å². The molecule has 1 unspecified atom stereocenters. The van der Waals surface area contributed by atoms with Gasteiger partial charge in [-0.1, -0.05) is 6.08 Å². The highest BCUT2D eigenvalue weighted by Crippen LogP contribution is 2.43. The molecule has 1 aliphatic heterocycles. The number of piperidine rings is 1. The minimum Gasteiger partial charge on any atom is -0.497 e. The molecule has 1 heterocycles. The molecule has 1 aliphatic rings. The van der Waals surface area contributed by atoms with Gasteiger partial charge in [0.05, 0.1) is 7.11 Å². The predicted molar refractivity (Wildman–Crippen MR) is 151 cm³/mol. The predicted octanol–water partition coefficient (Wildman–Crippen LogP) is 4.84. The number of sulfone groups is 1. The van der Waals surface area contributed by atoms with E-state index in [1.807, 2.05) is 47.6 Å². The Labute approximate surface area is 233 Å². The maximum Gasteiger partial charge on any atom is 0.258 e. The number of rotatable bonds is 10. The molecule has 1 fully saturated rings. The molecule has 0 bridgehead atoms. The van der Waals surface area contributed by atoms with Crippen LogP contribution in [-0.4, -0.2) is 70.9 Å². The van der Waals surface area contributed by atoms with Gasteiger partial charge in [-0.15, -0.1) is 0 Å². The van der Waals surface area contributed by atoms with Gasteiger partial charge in [0.2, 0.25) is 0 Å². The normalized spacial score (nSPS) is 16.7. The second-order valence-corrected chi connectivity index (χ2v) is 12.6. The van der Waals surface area contributed by atoms with Crippen LogP contribution in [0.5, 0.6) is 11.5 Å². The summed E-state index contributed by atoms with van der Waals surface area (Å²) in [4.78, 5) is 15.6. The number of hydrogen-bond acceptors (Lipinski definition) is 8. The average molecular weight is 586 g/mol. The fraction of sp³-hybridized carbons (Fsp3) is 0.423. The second-order valence-electron chi connectivity index (χ2n) is 9.42. The van der Waals surface area contributed by atoms with E-state index in [2.05, 4.69) is 5.32 Å². The third-order valence-electron chi connectivity index (χ3n) is 6.16. The lowest BCUT2D eigenvalue weighted by atomic mass is 9.93. The van der Waals surface area contributed by atoms with Crippen molar-refractivity contribution in [2.75, 3.05) is 45.5 Å². The van der Waals surface area contributed by atoms with Crippen LogP contribution in [-0.2, 0) is 14.6 Å². The van der Waals surface area contributed by atoms with E-state index in [1.54, 1.807) is 26.2 Å². The molecule has 2 aromatic carbocycles. The van der Waals surface area contributed by atoms with Gasteiger partial charge in [-0.25, -0.2) is 17.1 Å². The molecule has 1 atom stereocenters. The number of nitrogens with one attached hydrogen (secondary N) is 1. The van der Waals surface area contributed by atoms with Gasteiger partial charge >= 0.3 is 0 Å². The monoisotopic (exact) mass is 585 g/mol. The summed E-state index contributed by atoms with van der Waals surface area (Å²) in [5.41, 5.74) is 0.564. The molecule has 2 aromatic rings. The van der Waals surface area contributed by atoms with Gasteiger partial charge in [0.1, 0.15) is 17.6 Å². The minimum atomic E-state index is -3.33. The summed E-state index contributed by atoms with van der Waals surface area (Å²) in [6.07, 6.45) is 2.40. The van der Waals surface area contributed by atoms with Gasteiger partial charge in [-0.05, 0) is 55.3 Å². The van der Waals surface area contributed by atoms with E-state index < -0.39 is 27.5 Å². The van der Waals surface area contributed by atoms with Crippen LogP contribution in [0, 0.1) is 0 Å². The van der Waals surface area contributed by atoms with E-state index >= 15 is 4.39 Å². The topological polar surface area (TPSA) is 88.2 Å². The van der Waals surface area contributed by atoms with Crippen molar-refractivity contribution in [1.29, 1.82) is 0 Å². The largest absolute Gasteiger partial charge is 0.497 e. The van der Waals surface area contributed by atoms with Gasteiger partial charge in [0.25, 0.3) is 5.91 Å². The van der Waals surface area contributed by atoms with E-state index in [0.717, 1.165) is 33.4 Å². The van der Waals surface area contributed by atoms with Crippen LogP contribution in [0.2, 0.25) is 0 Å². The fourth-order valence-electron chi connectivity index (χ4n) is 3.94. The number of ether oxygens (including phenoxy) is 1. The number of methoxy groups -OCH3 is 1. The molecule has 8 nitrogen and oxygen atoms in total. The van der Waals surface area contributed by atoms with Gasteiger partial charge in [0.15, 0.2) is 21.3 Å². The number of benzene rings is 2. The van der Waals surface area contributed by atoms with Crippen LogP contribution < -0.4 is 19.2 Å². The van der Waals surface area contributed by atoms with Crippen LogP contribution in [0.25, 0.3) is 11.1 Å². The molecule has 1 N–H and O–H groups in total. The Morgan fingerprint density at radius 3 is 2.47 bits per heavy atom. The summed E-state index contributed by atoms with van der Waals surface area (Å²) in [6, 6.07) is 10.7. The lowest BCUT2D eigenvalue weighted by Crippen LogP contribution is -2.51. The molecule has 1 amide bonds. The zero-order valence-electron chi connectivity index (χ0n) is 22.0.